The normalized spacial score (nSPS) is 20.4. The van der Waals surface area contributed by atoms with Crippen LogP contribution in [0.4, 0.5) is 17.3 Å². The first-order chi connectivity index (χ1) is 18.0. The largest absolute Gasteiger partial charge is 0.379 e. The SMILES string of the molecule is O=C1C/C(=C\c2cnn3c(NCC4(CN5CCOCC5)CC4)cc(Nc4cccc(Cl)c4)nc23)C(=O)N1. The molecule has 3 N–H and O–H groups in total. The number of imide groups is 1. The molecular formula is C26H28ClN7O3. The van der Waals surface area contributed by atoms with Gasteiger partial charge in [0.2, 0.25) is 5.91 Å². The van der Waals surface area contributed by atoms with Crippen molar-refractivity contribution in [1.29, 1.82) is 0 Å². The Morgan fingerprint density at radius 1 is 1.19 bits per heavy atom. The highest BCUT2D eigenvalue weighted by Crippen LogP contribution is 2.46. The van der Waals surface area contributed by atoms with Crippen molar-refractivity contribution in [3.8, 4) is 0 Å². The van der Waals surface area contributed by atoms with Crippen molar-refractivity contribution in [2.75, 3.05) is 50.0 Å². The van der Waals surface area contributed by atoms with Crippen molar-refractivity contribution in [3.05, 3.63) is 52.7 Å². The van der Waals surface area contributed by atoms with Crippen LogP contribution in [0.15, 0.2) is 42.1 Å². The van der Waals surface area contributed by atoms with Gasteiger partial charge in [0.05, 0.1) is 25.8 Å². The van der Waals surface area contributed by atoms with E-state index in [-0.39, 0.29) is 23.7 Å². The van der Waals surface area contributed by atoms with Gasteiger partial charge in [0.25, 0.3) is 5.91 Å². The number of aromatic nitrogens is 3. The minimum absolute atomic E-state index is 0.0474. The molecule has 0 atom stereocenters. The van der Waals surface area contributed by atoms with Crippen molar-refractivity contribution in [2.45, 2.75) is 19.3 Å². The average Bonchev–Trinajstić information content (AvgIpc) is 3.40. The number of hydrogen-bond acceptors (Lipinski definition) is 8. The maximum atomic E-state index is 12.1. The van der Waals surface area contributed by atoms with E-state index in [2.05, 4.69) is 25.9 Å². The van der Waals surface area contributed by atoms with Crippen LogP contribution in [0.3, 0.4) is 0 Å². The van der Waals surface area contributed by atoms with Gasteiger partial charge >= 0.3 is 0 Å². The van der Waals surface area contributed by atoms with Gasteiger partial charge in [-0.3, -0.25) is 19.8 Å². The summed E-state index contributed by atoms with van der Waals surface area (Å²) in [6.45, 7) is 5.40. The van der Waals surface area contributed by atoms with Crippen LogP contribution in [0.2, 0.25) is 5.02 Å². The number of amides is 2. The molecular weight excluding hydrogens is 494 g/mol. The second-order valence-electron chi connectivity index (χ2n) is 9.96. The number of benzene rings is 1. The number of ether oxygens (including phenoxy) is 1. The van der Waals surface area contributed by atoms with E-state index < -0.39 is 0 Å². The minimum atomic E-state index is -0.380. The monoisotopic (exact) mass is 521 g/mol. The highest BCUT2D eigenvalue weighted by atomic mass is 35.5. The number of nitrogens with zero attached hydrogens (tertiary/aromatic N) is 4. The van der Waals surface area contributed by atoms with Crippen LogP contribution in [0.1, 0.15) is 24.8 Å². The van der Waals surface area contributed by atoms with Crippen LogP contribution in [0, 0.1) is 5.41 Å². The molecule has 6 rings (SSSR count). The van der Waals surface area contributed by atoms with Crippen LogP contribution in [0.25, 0.3) is 11.7 Å². The molecule has 1 aromatic carbocycles. The van der Waals surface area contributed by atoms with Crippen LogP contribution in [-0.2, 0) is 14.3 Å². The zero-order valence-electron chi connectivity index (χ0n) is 20.3. The summed E-state index contributed by atoms with van der Waals surface area (Å²) < 4.78 is 7.25. The molecule has 2 amide bonds. The molecule has 192 valence electrons. The van der Waals surface area contributed by atoms with E-state index in [1.807, 2.05) is 30.3 Å². The van der Waals surface area contributed by atoms with E-state index in [0.717, 1.165) is 50.9 Å². The van der Waals surface area contributed by atoms with Crippen LogP contribution in [-0.4, -0.2) is 70.7 Å². The molecule has 0 radical (unpaired) electrons. The second-order valence-corrected chi connectivity index (χ2v) is 10.4. The van der Waals surface area contributed by atoms with Gasteiger partial charge in [-0.15, -0.1) is 0 Å². The third-order valence-corrected chi connectivity index (χ3v) is 7.32. The maximum absolute atomic E-state index is 12.1. The molecule has 0 spiro atoms. The van der Waals surface area contributed by atoms with Gasteiger partial charge in [-0.05, 0) is 37.1 Å². The lowest BCUT2D eigenvalue weighted by Crippen LogP contribution is -2.41. The molecule has 11 heteroatoms. The van der Waals surface area contributed by atoms with Gasteiger partial charge in [-0.2, -0.15) is 9.61 Å². The third kappa shape index (κ3) is 5.31. The number of hydrogen-bond donors (Lipinski definition) is 3. The van der Waals surface area contributed by atoms with Crippen molar-refractivity contribution in [2.24, 2.45) is 5.41 Å². The Bertz CT molecular complexity index is 1390. The van der Waals surface area contributed by atoms with Gasteiger partial charge in [-0.25, -0.2) is 4.98 Å². The summed E-state index contributed by atoms with van der Waals surface area (Å²) in [6, 6.07) is 9.36. The molecule has 0 unspecified atom stereocenters. The molecule has 3 aromatic rings. The molecule has 4 heterocycles. The van der Waals surface area contributed by atoms with Crippen molar-refractivity contribution in [3.63, 3.8) is 0 Å². The standard InChI is InChI=1S/C26H28ClN7O3/c27-19-2-1-3-20(12-19)30-21-13-22(28-15-26(4-5-26)16-33-6-8-37-9-7-33)34-24(31-21)18(14-29-34)10-17-11-23(35)32-25(17)36/h1-3,10,12-14,28H,4-9,11,15-16H2,(H,30,31)(H,32,35,36)/b17-10+. The van der Waals surface area contributed by atoms with Crippen molar-refractivity contribution >= 4 is 52.5 Å². The lowest BCUT2D eigenvalue weighted by molar-refractivity contribution is -0.124. The van der Waals surface area contributed by atoms with Crippen molar-refractivity contribution < 1.29 is 14.3 Å². The van der Waals surface area contributed by atoms with Gasteiger partial charge in [0, 0.05) is 59.5 Å². The summed E-state index contributed by atoms with van der Waals surface area (Å²) in [7, 11) is 0. The minimum Gasteiger partial charge on any atom is -0.379 e. The number of halogens is 1. The average molecular weight is 522 g/mol. The fourth-order valence-corrected chi connectivity index (χ4v) is 5.06. The summed E-state index contributed by atoms with van der Waals surface area (Å²) >= 11 is 6.18. The highest BCUT2D eigenvalue weighted by molar-refractivity contribution is 6.30. The topological polar surface area (TPSA) is 113 Å². The predicted octanol–water partition coefficient (Wildman–Crippen LogP) is 3.08. The van der Waals surface area contributed by atoms with Crippen LogP contribution >= 0.6 is 11.6 Å². The lowest BCUT2D eigenvalue weighted by Gasteiger charge is -2.30. The lowest BCUT2D eigenvalue weighted by atomic mass is 10.1. The highest BCUT2D eigenvalue weighted by Gasteiger charge is 2.44. The Hall–Kier alpha value is -3.47. The van der Waals surface area contributed by atoms with Gasteiger partial charge < -0.3 is 15.4 Å². The number of rotatable bonds is 8. The number of carbonyl (C=O) groups excluding carboxylic acids is 2. The maximum Gasteiger partial charge on any atom is 0.254 e. The zero-order valence-corrected chi connectivity index (χ0v) is 21.1. The Balaban J connectivity index is 1.30. The van der Waals surface area contributed by atoms with E-state index in [9.17, 15) is 9.59 Å². The number of fused-ring (bicyclic) bond motifs is 1. The summed E-state index contributed by atoms with van der Waals surface area (Å²) in [5.41, 5.74) is 2.67. The van der Waals surface area contributed by atoms with Gasteiger partial charge in [0.15, 0.2) is 5.65 Å². The number of anilines is 3. The second kappa shape index (κ2) is 9.77. The molecule has 3 fully saturated rings. The first-order valence-corrected chi connectivity index (χ1v) is 12.8. The molecule has 1 saturated carbocycles. The molecule has 3 aliphatic rings. The molecule has 10 nitrogen and oxygen atoms in total. The Labute approximate surface area is 219 Å². The van der Waals surface area contributed by atoms with E-state index >= 15 is 0 Å². The van der Waals surface area contributed by atoms with E-state index in [0.29, 0.717) is 27.6 Å². The quantitative estimate of drug-likeness (QED) is 0.306. The molecule has 2 saturated heterocycles. The van der Waals surface area contributed by atoms with E-state index in [1.165, 1.54) is 12.8 Å². The summed E-state index contributed by atoms with van der Waals surface area (Å²) in [4.78, 5) is 31.1. The number of morpholine rings is 1. The number of nitrogens with one attached hydrogen (secondary N) is 3. The van der Waals surface area contributed by atoms with Crippen LogP contribution in [0.5, 0.6) is 0 Å². The Morgan fingerprint density at radius 2 is 2.03 bits per heavy atom. The third-order valence-electron chi connectivity index (χ3n) is 7.09. The zero-order chi connectivity index (χ0) is 25.4. The molecule has 2 aliphatic heterocycles. The first kappa shape index (κ1) is 23.9. The summed E-state index contributed by atoms with van der Waals surface area (Å²) in [5.74, 6) is 0.720. The van der Waals surface area contributed by atoms with Gasteiger partial charge in [0.1, 0.15) is 11.6 Å². The van der Waals surface area contributed by atoms with E-state index in [1.54, 1.807) is 16.8 Å². The first-order valence-electron chi connectivity index (χ1n) is 12.5. The molecule has 0 bridgehead atoms. The summed E-state index contributed by atoms with van der Waals surface area (Å²) in [5, 5.41) is 14.5. The molecule has 37 heavy (non-hydrogen) atoms. The molecule has 2 aromatic heterocycles. The van der Waals surface area contributed by atoms with Gasteiger partial charge in [-0.1, -0.05) is 17.7 Å². The fraction of sp³-hybridized carbons (Fsp3) is 0.385. The predicted molar refractivity (Wildman–Crippen MR) is 141 cm³/mol. The fourth-order valence-electron chi connectivity index (χ4n) is 4.87. The van der Waals surface area contributed by atoms with E-state index in [4.69, 9.17) is 21.3 Å². The Morgan fingerprint density at radius 3 is 2.76 bits per heavy atom. The van der Waals surface area contributed by atoms with Crippen molar-refractivity contribution in [1.82, 2.24) is 24.8 Å². The Kier molecular flexibility index (Phi) is 6.31. The molecule has 1 aliphatic carbocycles. The van der Waals surface area contributed by atoms with Crippen LogP contribution < -0.4 is 16.0 Å². The number of carbonyl (C=O) groups is 2. The smallest absolute Gasteiger partial charge is 0.254 e. The summed E-state index contributed by atoms with van der Waals surface area (Å²) in [6.07, 6.45) is 5.76.